The molecule has 0 radical (unpaired) electrons. The fourth-order valence-electron chi connectivity index (χ4n) is 4.17. The normalized spacial score (nSPS) is 43.1. The summed E-state index contributed by atoms with van der Waals surface area (Å²) in [4.78, 5) is 25.4. The van der Waals surface area contributed by atoms with Crippen LogP contribution < -0.4 is 0 Å². The summed E-state index contributed by atoms with van der Waals surface area (Å²) in [6.45, 7) is 4.99. The SMILES string of the molecule is CC1(C)[C@H](C(=O)O)[C@@H]1C(=O)N1CC2CCC(O)C2C1. The molecule has 5 heteroatoms. The summed E-state index contributed by atoms with van der Waals surface area (Å²) in [6, 6.07) is 0. The van der Waals surface area contributed by atoms with Crippen molar-refractivity contribution in [1.82, 2.24) is 4.90 Å². The molecule has 1 saturated heterocycles. The molecule has 3 unspecified atom stereocenters. The van der Waals surface area contributed by atoms with Gasteiger partial charge in [-0.25, -0.2) is 0 Å². The van der Waals surface area contributed by atoms with Gasteiger partial charge in [0.05, 0.1) is 17.9 Å². The number of amides is 1. The van der Waals surface area contributed by atoms with E-state index in [1.165, 1.54) is 0 Å². The van der Waals surface area contributed by atoms with Crippen molar-refractivity contribution in [1.29, 1.82) is 0 Å². The molecule has 1 amide bonds. The summed E-state index contributed by atoms with van der Waals surface area (Å²) < 4.78 is 0. The molecule has 106 valence electrons. The highest BCUT2D eigenvalue weighted by Gasteiger charge is 2.67. The number of rotatable bonds is 2. The highest BCUT2D eigenvalue weighted by Crippen LogP contribution is 2.59. The molecule has 0 bridgehead atoms. The van der Waals surface area contributed by atoms with Gasteiger partial charge in [0.25, 0.3) is 0 Å². The lowest BCUT2D eigenvalue weighted by molar-refractivity contribution is -0.142. The molecule has 1 aliphatic heterocycles. The smallest absolute Gasteiger partial charge is 0.307 e. The lowest BCUT2D eigenvalue weighted by Gasteiger charge is -2.19. The first-order valence-electron chi connectivity index (χ1n) is 7.03. The Morgan fingerprint density at radius 3 is 2.37 bits per heavy atom. The lowest BCUT2D eigenvalue weighted by Crippen LogP contribution is -2.33. The minimum absolute atomic E-state index is 0.0287. The molecule has 2 N–H and O–H groups in total. The van der Waals surface area contributed by atoms with E-state index in [-0.39, 0.29) is 23.8 Å². The molecule has 3 aliphatic rings. The number of carbonyl (C=O) groups excluding carboxylic acids is 1. The van der Waals surface area contributed by atoms with E-state index in [9.17, 15) is 14.7 Å². The van der Waals surface area contributed by atoms with Gasteiger partial charge in [0, 0.05) is 19.0 Å². The molecule has 5 atom stereocenters. The third kappa shape index (κ3) is 1.78. The molecular weight excluding hydrogens is 246 g/mol. The lowest BCUT2D eigenvalue weighted by atomic mass is 10.00. The Morgan fingerprint density at radius 2 is 1.84 bits per heavy atom. The fraction of sp³-hybridized carbons (Fsp3) is 0.857. The molecule has 3 rings (SSSR count). The number of hydrogen-bond acceptors (Lipinski definition) is 3. The molecule has 19 heavy (non-hydrogen) atoms. The van der Waals surface area contributed by atoms with E-state index >= 15 is 0 Å². The summed E-state index contributed by atoms with van der Waals surface area (Å²) in [7, 11) is 0. The van der Waals surface area contributed by atoms with Crippen molar-refractivity contribution in [3.05, 3.63) is 0 Å². The van der Waals surface area contributed by atoms with E-state index in [0.717, 1.165) is 12.8 Å². The third-order valence-electron chi connectivity index (χ3n) is 5.49. The second-order valence-electron chi connectivity index (χ2n) is 6.93. The quantitative estimate of drug-likeness (QED) is 0.767. The monoisotopic (exact) mass is 267 g/mol. The molecular formula is C14H21NO4. The first-order valence-corrected chi connectivity index (χ1v) is 7.03. The number of carboxylic acid groups (broad SMARTS) is 1. The number of aliphatic hydroxyl groups is 1. The van der Waals surface area contributed by atoms with Crippen molar-refractivity contribution >= 4 is 11.9 Å². The van der Waals surface area contributed by atoms with Gasteiger partial charge in [0.15, 0.2) is 0 Å². The number of carbonyl (C=O) groups is 2. The first kappa shape index (κ1) is 12.9. The van der Waals surface area contributed by atoms with E-state index in [1.807, 2.05) is 13.8 Å². The zero-order chi connectivity index (χ0) is 13.9. The van der Waals surface area contributed by atoms with Crippen LogP contribution in [0.5, 0.6) is 0 Å². The predicted molar refractivity (Wildman–Crippen MR) is 67.2 cm³/mol. The first-order chi connectivity index (χ1) is 8.84. The summed E-state index contributed by atoms with van der Waals surface area (Å²) >= 11 is 0. The van der Waals surface area contributed by atoms with Crippen molar-refractivity contribution in [2.24, 2.45) is 29.1 Å². The third-order valence-corrected chi connectivity index (χ3v) is 5.49. The molecule has 0 aromatic rings. The van der Waals surface area contributed by atoms with Crippen LogP contribution in [0.1, 0.15) is 26.7 Å². The number of nitrogens with zero attached hydrogens (tertiary/aromatic N) is 1. The molecule has 5 nitrogen and oxygen atoms in total. The Morgan fingerprint density at radius 1 is 1.16 bits per heavy atom. The second kappa shape index (κ2) is 3.95. The van der Waals surface area contributed by atoms with Crippen LogP contribution >= 0.6 is 0 Å². The highest BCUT2D eigenvalue weighted by atomic mass is 16.4. The Kier molecular flexibility index (Phi) is 2.68. The predicted octanol–water partition coefficient (Wildman–Crippen LogP) is 0.572. The number of fused-ring (bicyclic) bond motifs is 1. The summed E-state index contributed by atoms with van der Waals surface area (Å²) in [5, 5.41) is 19.0. The summed E-state index contributed by atoms with van der Waals surface area (Å²) in [5.41, 5.74) is -0.431. The van der Waals surface area contributed by atoms with Crippen molar-refractivity contribution in [2.75, 3.05) is 13.1 Å². The topological polar surface area (TPSA) is 77.8 Å². The van der Waals surface area contributed by atoms with Gasteiger partial charge in [0.1, 0.15) is 0 Å². The summed E-state index contributed by atoms with van der Waals surface area (Å²) in [6.07, 6.45) is 1.53. The van der Waals surface area contributed by atoms with Crippen LogP contribution in [0.15, 0.2) is 0 Å². The highest BCUT2D eigenvalue weighted by molar-refractivity contribution is 5.91. The number of likely N-dealkylation sites (tertiary alicyclic amines) is 1. The van der Waals surface area contributed by atoms with E-state index in [1.54, 1.807) is 4.90 Å². The largest absolute Gasteiger partial charge is 0.481 e. The van der Waals surface area contributed by atoms with Crippen LogP contribution in [-0.4, -0.2) is 46.2 Å². The fourth-order valence-corrected chi connectivity index (χ4v) is 4.17. The summed E-state index contributed by atoms with van der Waals surface area (Å²) in [5.74, 6) is -1.23. The average Bonchev–Trinajstić information content (AvgIpc) is 2.65. The Labute approximate surface area is 112 Å². The maximum atomic E-state index is 12.5. The molecule has 0 aromatic heterocycles. The van der Waals surface area contributed by atoms with E-state index in [4.69, 9.17) is 5.11 Å². The molecule has 0 spiro atoms. The van der Waals surface area contributed by atoms with Crippen molar-refractivity contribution in [3.63, 3.8) is 0 Å². The van der Waals surface area contributed by atoms with Gasteiger partial charge < -0.3 is 15.1 Å². The Hall–Kier alpha value is -1.10. The van der Waals surface area contributed by atoms with Gasteiger partial charge in [-0.05, 0) is 24.2 Å². The minimum atomic E-state index is -0.872. The Balaban J connectivity index is 1.69. The van der Waals surface area contributed by atoms with Crippen LogP contribution in [-0.2, 0) is 9.59 Å². The van der Waals surface area contributed by atoms with Crippen molar-refractivity contribution in [3.8, 4) is 0 Å². The number of aliphatic hydroxyl groups excluding tert-OH is 1. The van der Waals surface area contributed by atoms with Crippen LogP contribution in [0.2, 0.25) is 0 Å². The standard InChI is InChI=1S/C14H21NO4/c1-14(2)10(11(14)13(18)19)12(17)15-5-7-3-4-9(16)8(7)6-15/h7-11,16H,3-6H2,1-2H3,(H,18,19)/t7?,8?,9?,10-,11+/m1/s1. The molecule has 3 fully saturated rings. The number of hydrogen-bond donors (Lipinski definition) is 2. The Bertz CT molecular complexity index is 433. The van der Waals surface area contributed by atoms with E-state index < -0.39 is 17.3 Å². The van der Waals surface area contributed by atoms with Gasteiger partial charge in [-0.15, -0.1) is 0 Å². The van der Waals surface area contributed by atoms with Gasteiger partial charge in [-0.2, -0.15) is 0 Å². The van der Waals surface area contributed by atoms with Crippen molar-refractivity contribution in [2.45, 2.75) is 32.8 Å². The van der Waals surface area contributed by atoms with Crippen molar-refractivity contribution < 1.29 is 19.8 Å². The van der Waals surface area contributed by atoms with Crippen LogP contribution in [0, 0.1) is 29.1 Å². The maximum absolute atomic E-state index is 12.5. The van der Waals surface area contributed by atoms with Crippen LogP contribution in [0.3, 0.4) is 0 Å². The molecule has 1 heterocycles. The molecule has 0 aromatic carbocycles. The maximum Gasteiger partial charge on any atom is 0.307 e. The average molecular weight is 267 g/mol. The zero-order valence-corrected chi connectivity index (χ0v) is 11.4. The van der Waals surface area contributed by atoms with Crippen LogP contribution in [0.25, 0.3) is 0 Å². The van der Waals surface area contributed by atoms with Gasteiger partial charge in [-0.3, -0.25) is 9.59 Å². The van der Waals surface area contributed by atoms with Crippen LogP contribution in [0.4, 0.5) is 0 Å². The second-order valence-corrected chi connectivity index (χ2v) is 6.93. The molecule has 2 aliphatic carbocycles. The van der Waals surface area contributed by atoms with E-state index in [0.29, 0.717) is 19.0 Å². The number of carboxylic acids is 1. The van der Waals surface area contributed by atoms with Gasteiger partial charge in [-0.1, -0.05) is 13.8 Å². The van der Waals surface area contributed by atoms with E-state index in [2.05, 4.69) is 0 Å². The van der Waals surface area contributed by atoms with Gasteiger partial charge >= 0.3 is 5.97 Å². The zero-order valence-electron chi connectivity index (χ0n) is 11.4. The number of aliphatic carboxylic acids is 1. The van der Waals surface area contributed by atoms with Gasteiger partial charge in [0.2, 0.25) is 5.91 Å². The minimum Gasteiger partial charge on any atom is -0.481 e. The molecule has 2 saturated carbocycles.